The fourth-order valence-corrected chi connectivity index (χ4v) is 3.87. The van der Waals surface area contributed by atoms with E-state index in [2.05, 4.69) is 4.98 Å². The second-order valence-electron chi connectivity index (χ2n) is 6.98. The summed E-state index contributed by atoms with van der Waals surface area (Å²) in [4.78, 5) is 17.1. The highest BCUT2D eigenvalue weighted by Crippen LogP contribution is 2.36. The number of para-hydroxylation sites is 1. The Bertz CT molecular complexity index is 1340. The van der Waals surface area contributed by atoms with Crippen molar-refractivity contribution in [2.24, 2.45) is 7.05 Å². The van der Waals surface area contributed by atoms with Gasteiger partial charge in [-0.3, -0.25) is 4.79 Å². The summed E-state index contributed by atoms with van der Waals surface area (Å²) in [5.74, 6) is 0.602. The van der Waals surface area contributed by atoms with Crippen LogP contribution in [0.4, 0.5) is 0 Å². The number of hydrogen-bond acceptors (Lipinski definition) is 3. The van der Waals surface area contributed by atoms with Crippen molar-refractivity contribution < 1.29 is 9.67 Å². The summed E-state index contributed by atoms with van der Waals surface area (Å²) in [5.41, 5.74) is 3.75. The fourth-order valence-electron chi connectivity index (χ4n) is 3.87. The average Bonchev–Trinajstić information content (AvgIpc) is 2.72. The van der Waals surface area contributed by atoms with E-state index in [0.717, 1.165) is 16.6 Å². The maximum absolute atomic E-state index is 12.7. The van der Waals surface area contributed by atoms with E-state index < -0.39 is 0 Å². The summed E-state index contributed by atoms with van der Waals surface area (Å²) in [5, 5.41) is 11.8. The van der Waals surface area contributed by atoms with Crippen molar-refractivity contribution in [1.29, 1.82) is 0 Å². The molecule has 28 heavy (non-hydrogen) atoms. The third kappa shape index (κ3) is 2.44. The van der Waals surface area contributed by atoms with E-state index in [9.17, 15) is 9.90 Å². The molecule has 2 aromatic carbocycles. The molecule has 1 aliphatic rings. The van der Waals surface area contributed by atoms with Gasteiger partial charge in [-0.1, -0.05) is 36.4 Å². The zero-order chi connectivity index (χ0) is 19.3. The molecule has 5 rings (SSSR count). The van der Waals surface area contributed by atoms with Gasteiger partial charge in [-0.15, -0.1) is 0 Å². The van der Waals surface area contributed by atoms with Gasteiger partial charge in [0.1, 0.15) is 18.6 Å². The molecule has 5 heteroatoms. The molecule has 136 valence electrons. The molecule has 1 aliphatic heterocycles. The lowest BCUT2D eigenvalue weighted by Gasteiger charge is -2.26. The van der Waals surface area contributed by atoms with Crippen molar-refractivity contribution >= 4 is 22.2 Å². The number of hydrogen-bond donors (Lipinski definition) is 1. The van der Waals surface area contributed by atoms with Crippen molar-refractivity contribution in [2.45, 2.75) is 6.54 Å². The molecule has 2 aromatic heterocycles. The largest absolute Gasteiger partial charge is 0.506 e. The molecule has 0 aliphatic carbocycles. The van der Waals surface area contributed by atoms with Crippen LogP contribution in [-0.4, -0.2) is 14.7 Å². The minimum Gasteiger partial charge on any atom is -0.506 e. The van der Waals surface area contributed by atoms with Crippen LogP contribution in [0.15, 0.2) is 77.9 Å². The number of aromatic nitrogens is 3. The van der Waals surface area contributed by atoms with Gasteiger partial charge in [-0.2, -0.15) is 4.98 Å². The second-order valence-corrected chi connectivity index (χ2v) is 6.98. The van der Waals surface area contributed by atoms with Crippen molar-refractivity contribution in [3.05, 3.63) is 106 Å². The molecule has 0 unspecified atom stereocenters. The Morgan fingerprint density at radius 2 is 1.86 bits per heavy atom. The van der Waals surface area contributed by atoms with Gasteiger partial charge in [0, 0.05) is 6.07 Å². The molecular weight excluding hydrogens is 350 g/mol. The normalized spacial score (nSPS) is 14.5. The highest BCUT2D eigenvalue weighted by Gasteiger charge is 2.27. The van der Waals surface area contributed by atoms with Crippen molar-refractivity contribution in [1.82, 2.24) is 9.55 Å². The quantitative estimate of drug-likeness (QED) is 0.365. The number of aryl methyl sites for hydroxylation is 1. The molecule has 0 spiro atoms. The molecule has 0 radical (unpaired) electrons. The van der Waals surface area contributed by atoms with Crippen LogP contribution < -0.4 is 10.1 Å². The predicted molar refractivity (Wildman–Crippen MR) is 108 cm³/mol. The molecule has 3 heterocycles. The average molecular weight is 368 g/mol. The molecular formula is C23H18N3O2+. The van der Waals surface area contributed by atoms with Crippen molar-refractivity contribution in [2.75, 3.05) is 0 Å². The van der Waals surface area contributed by atoms with E-state index in [1.54, 1.807) is 6.07 Å². The Morgan fingerprint density at radius 1 is 1.07 bits per heavy atom. The van der Waals surface area contributed by atoms with Gasteiger partial charge in [0.25, 0.3) is 5.56 Å². The molecule has 0 saturated heterocycles. The topological polar surface area (TPSA) is 59.0 Å². The lowest BCUT2D eigenvalue weighted by atomic mass is 9.92. The SMILES string of the molecule is C[n+]1cccc(/C(O)=C2/c3ccccc3Cn3c2nc(=O)c2ccccc23)c1. The minimum absolute atomic E-state index is 0.110. The number of benzene rings is 2. The summed E-state index contributed by atoms with van der Waals surface area (Å²) < 4.78 is 3.88. The first-order valence-corrected chi connectivity index (χ1v) is 9.10. The van der Waals surface area contributed by atoms with Crippen LogP contribution in [0, 0.1) is 0 Å². The maximum atomic E-state index is 12.7. The molecule has 0 saturated carbocycles. The Labute approximate surface area is 161 Å². The standard InChI is InChI=1S/C23H17N3O2/c1-25-12-6-8-16(13-25)21(27)20-17-9-3-2-7-15(17)14-26-19-11-5-4-10-18(19)23(28)24-22(20)26/h2-13H,14H2,1H3/p+1. The molecule has 0 fully saturated rings. The number of nitrogens with zero attached hydrogens (tertiary/aromatic N) is 3. The van der Waals surface area contributed by atoms with Crippen LogP contribution in [0.1, 0.15) is 22.5 Å². The van der Waals surface area contributed by atoms with Crippen LogP contribution in [0.3, 0.4) is 0 Å². The van der Waals surface area contributed by atoms with E-state index in [-0.39, 0.29) is 11.3 Å². The Hall–Kier alpha value is -3.73. The van der Waals surface area contributed by atoms with E-state index in [4.69, 9.17) is 0 Å². The highest BCUT2D eigenvalue weighted by atomic mass is 16.3. The molecule has 0 atom stereocenters. The molecule has 0 bridgehead atoms. The Balaban J connectivity index is 1.91. The highest BCUT2D eigenvalue weighted by molar-refractivity contribution is 5.96. The fraction of sp³-hybridized carbons (Fsp3) is 0.0870. The van der Waals surface area contributed by atoms with Gasteiger partial charge in [0.05, 0.1) is 28.6 Å². The number of aliphatic hydroxyl groups is 1. The number of rotatable bonds is 1. The van der Waals surface area contributed by atoms with Crippen LogP contribution >= 0.6 is 0 Å². The third-order valence-corrected chi connectivity index (χ3v) is 5.18. The van der Waals surface area contributed by atoms with Crippen molar-refractivity contribution in [3.63, 3.8) is 0 Å². The smallest absolute Gasteiger partial charge is 0.281 e. The zero-order valence-electron chi connectivity index (χ0n) is 15.3. The van der Waals surface area contributed by atoms with Crippen molar-refractivity contribution in [3.8, 4) is 0 Å². The summed E-state index contributed by atoms with van der Waals surface area (Å²) >= 11 is 0. The van der Waals surface area contributed by atoms with Gasteiger partial charge < -0.3 is 9.67 Å². The minimum atomic E-state index is -0.287. The van der Waals surface area contributed by atoms with Crippen LogP contribution in [0.2, 0.25) is 0 Å². The van der Waals surface area contributed by atoms with E-state index in [1.807, 2.05) is 83.2 Å². The molecule has 0 amide bonds. The van der Waals surface area contributed by atoms with Gasteiger partial charge in [-0.05, 0) is 29.3 Å². The molecule has 5 nitrogen and oxygen atoms in total. The van der Waals surface area contributed by atoms with Crippen LogP contribution in [0.25, 0.3) is 22.2 Å². The van der Waals surface area contributed by atoms with E-state index in [0.29, 0.717) is 28.9 Å². The summed E-state index contributed by atoms with van der Waals surface area (Å²) in [6, 6.07) is 19.1. The number of aliphatic hydroxyl groups excluding tert-OH is 1. The predicted octanol–water partition coefficient (Wildman–Crippen LogP) is 3.06. The van der Waals surface area contributed by atoms with E-state index >= 15 is 0 Å². The summed E-state index contributed by atoms with van der Waals surface area (Å²) in [6.45, 7) is 0.596. The summed E-state index contributed by atoms with van der Waals surface area (Å²) in [7, 11) is 1.90. The van der Waals surface area contributed by atoms with Gasteiger partial charge >= 0.3 is 0 Å². The zero-order valence-corrected chi connectivity index (χ0v) is 15.3. The number of pyridine rings is 1. The number of fused-ring (bicyclic) bond motifs is 4. The Kier molecular flexibility index (Phi) is 3.62. The lowest BCUT2D eigenvalue weighted by Crippen LogP contribution is -2.27. The first-order valence-electron chi connectivity index (χ1n) is 9.10. The first kappa shape index (κ1) is 16.4. The summed E-state index contributed by atoms with van der Waals surface area (Å²) in [6.07, 6.45) is 3.75. The van der Waals surface area contributed by atoms with Gasteiger partial charge in [0.2, 0.25) is 0 Å². The lowest BCUT2D eigenvalue weighted by molar-refractivity contribution is -0.671. The third-order valence-electron chi connectivity index (χ3n) is 5.18. The maximum Gasteiger partial charge on any atom is 0.281 e. The van der Waals surface area contributed by atoms with Crippen LogP contribution in [-0.2, 0) is 13.6 Å². The van der Waals surface area contributed by atoms with Gasteiger partial charge in [0.15, 0.2) is 12.4 Å². The Morgan fingerprint density at radius 3 is 2.71 bits per heavy atom. The second kappa shape index (κ2) is 6.16. The van der Waals surface area contributed by atoms with Crippen LogP contribution in [0.5, 0.6) is 0 Å². The van der Waals surface area contributed by atoms with E-state index in [1.165, 1.54) is 0 Å². The molecule has 1 N–H and O–H groups in total. The molecule has 4 aromatic rings. The first-order chi connectivity index (χ1) is 13.6. The monoisotopic (exact) mass is 368 g/mol. The van der Waals surface area contributed by atoms with Gasteiger partial charge in [-0.25, -0.2) is 4.57 Å².